The van der Waals surface area contributed by atoms with Crippen molar-refractivity contribution in [1.29, 1.82) is 0 Å². The predicted octanol–water partition coefficient (Wildman–Crippen LogP) is 2.64. The molecule has 0 spiro atoms. The van der Waals surface area contributed by atoms with Crippen molar-refractivity contribution in [2.75, 3.05) is 11.9 Å². The molecule has 1 heterocycles. The first kappa shape index (κ1) is 13.9. The molecule has 0 atom stereocenters. The van der Waals surface area contributed by atoms with Gasteiger partial charge in [-0.25, -0.2) is 4.79 Å². The van der Waals surface area contributed by atoms with E-state index in [4.69, 9.17) is 9.84 Å². The Morgan fingerprint density at radius 2 is 1.86 bits per heavy atom. The molecule has 0 saturated heterocycles. The molecule has 5 nitrogen and oxygen atoms in total. The van der Waals surface area contributed by atoms with Crippen LogP contribution < -0.4 is 10.1 Å². The third-order valence-corrected chi connectivity index (χ3v) is 3.28. The molecule has 1 aliphatic heterocycles. The number of fused-ring (bicyclic) bond motifs is 1. The lowest BCUT2D eigenvalue weighted by atomic mass is 10.0. The van der Waals surface area contributed by atoms with Crippen molar-refractivity contribution in [2.24, 2.45) is 0 Å². The van der Waals surface area contributed by atoms with E-state index in [2.05, 4.69) is 5.32 Å². The molecule has 0 saturated carbocycles. The van der Waals surface area contributed by atoms with Crippen LogP contribution in [0.3, 0.4) is 0 Å². The topological polar surface area (TPSA) is 75.6 Å². The van der Waals surface area contributed by atoms with Crippen molar-refractivity contribution in [1.82, 2.24) is 0 Å². The number of nitrogens with one attached hydrogen (secondary N) is 1. The highest BCUT2D eigenvalue weighted by atomic mass is 16.5. The van der Waals surface area contributed by atoms with Crippen LogP contribution >= 0.6 is 0 Å². The Bertz CT molecular complexity index is 780. The molecule has 0 aromatic heterocycles. The summed E-state index contributed by atoms with van der Waals surface area (Å²) >= 11 is 0. The third kappa shape index (κ3) is 2.69. The van der Waals surface area contributed by atoms with Crippen LogP contribution in [0, 0.1) is 0 Å². The number of carboxylic acid groups (broad SMARTS) is 1. The fraction of sp³-hybridized carbons (Fsp3) is 0.0588. The first-order valence-corrected chi connectivity index (χ1v) is 6.71. The Kier molecular flexibility index (Phi) is 3.62. The molecule has 0 aliphatic carbocycles. The lowest BCUT2D eigenvalue weighted by Gasteiger charge is -2.07. The summed E-state index contributed by atoms with van der Waals surface area (Å²) in [5.74, 6) is -0.810. The van der Waals surface area contributed by atoms with E-state index in [-0.39, 0.29) is 5.91 Å². The number of ether oxygens (including phenoxy) is 1. The van der Waals surface area contributed by atoms with Crippen LogP contribution in [0.5, 0.6) is 5.75 Å². The number of anilines is 1. The summed E-state index contributed by atoms with van der Waals surface area (Å²) < 4.78 is 5.26. The number of amides is 1. The number of carbonyl (C=O) groups excluding carboxylic acids is 1. The number of rotatable bonds is 4. The molecule has 22 heavy (non-hydrogen) atoms. The lowest BCUT2D eigenvalue weighted by molar-refractivity contribution is -0.139. The molecule has 1 aliphatic rings. The van der Waals surface area contributed by atoms with Crippen molar-refractivity contribution in [2.45, 2.75) is 0 Å². The fourth-order valence-electron chi connectivity index (χ4n) is 2.31. The third-order valence-electron chi connectivity index (χ3n) is 3.28. The number of benzene rings is 2. The SMILES string of the molecule is O=C(O)COc1ccccc1/C=C1/C(=O)Nc2ccccc21. The van der Waals surface area contributed by atoms with Crippen molar-refractivity contribution in [3.8, 4) is 5.75 Å². The molecule has 0 unspecified atom stereocenters. The zero-order valence-electron chi connectivity index (χ0n) is 11.6. The Hall–Kier alpha value is -3.08. The van der Waals surface area contributed by atoms with Crippen LogP contribution in [0.25, 0.3) is 11.6 Å². The molecule has 5 heteroatoms. The second-order valence-electron chi connectivity index (χ2n) is 4.78. The summed E-state index contributed by atoms with van der Waals surface area (Å²) in [6, 6.07) is 14.4. The fourth-order valence-corrected chi connectivity index (χ4v) is 2.31. The summed E-state index contributed by atoms with van der Waals surface area (Å²) in [4.78, 5) is 22.7. The molecule has 0 bridgehead atoms. The summed E-state index contributed by atoms with van der Waals surface area (Å²) in [5, 5.41) is 11.5. The monoisotopic (exact) mass is 295 g/mol. The molecule has 1 amide bonds. The van der Waals surface area contributed by atoms with Crippen LogP contribution in [0.1, 0.15) is 11.1 Å². The molecule has 2 aromatic rings. The van der Waals surface area contributed by atoms with Gasteiger partial charge in [0.05, 0.1) is 0 Å². The van der Waals surface area contributed by atoms with Crippen LogP contribution in [0.4, 0.5) is 5.69 Å². The Morgan fingerprint density at radius 1 is 1.14 bits per heavy atom. The zero-order valence-corrected chi connectivity index (χ0v) is 11.6. The molecule has 3 rings (SSSR count). The smallest absolute Gasteiger partial charge is 0.341 e. The van der Waals surface area contributed by atoms with E-state index in [1.807, 2.05) is 24.3 Å². The number of hydrogen-bond acceptors (Lipinski definition) is 3. The van der Waals surface area contributed by atoms with Gasteiger partial charge in [-0.3, -0.25) is 4.79 Å². The highest BCUT2D eigenvalue weighted by molar-refractivity contribution is 6.35. The van der Waals surface area contributed by atoms with Crippen molar-refractivity contribution in [3.63, 3.8) is 0 Å². The summed E-state index contributed by atoms with van der Waals surface area (Å²) in [7, 11) is 0. The quantitative estimate of drug-likeness (QED) is 0.850. The Balaban J connectivity index is 1.99. The van der Waals surface area contributed by atoms with Gasteiger partial charge >= 0.3 is 5.97 Å². The molecular weight excluding hydrogens is 282 g/mol. The van der Waals surface area contributed by atoms with Gasteiger partial charge in [0, 0.05) is 22.4 Å². The van der Waals surface area contributed by atoms with Gasteiger partial charge in [0.15, 0.2) is 6.61 Å². The van der Waals surface area contributed by atoms with Crippen LogP contribution in [-0.4, -0.2) is 23.6 Å². The average Bonchev–Trinajstić information content (AvgIpc) is 2.82. The summed E-state index contributed by atoms with van der Waals surface area (Å²) in [6.45, 7) is -0.428. The standard InChI is InChI=1S/C17H13NO4/c19-16(20)10-22-15-8-4-1-5-11(15)9-13-12-6-2-3-7-14(12)18-17(13)21/h1-9H,10H2,(H,18,21)(H,19,20)/b13-9+. The van der Waals surface area contributed by atoms with E-state index in [0.717, 1.165) is 11.3 Å². The first-order chi connectivity index (χ1) is 10.6. The van der Waals surface area contributed by atoms with Crippen molar-refractivity contribution < 1.29 is 19.4 Å². The zero-order chi connectivity index (χ0) is 15.5. The number of hydrogen-bond donors (Lipinski definition) is 2. The second kappa shape index (κ2) is 5.73. The molecule has 0 radical (unpaired) electrons. The van der Waals surface area contributed by atoms with E-state index in [1.54, 1.807) is 30.3 Å². The lowest BCUT2D eigenvalue weighted by Crippen LogP contribution is -2.10. The van der Waals surface area contributed by atoms with Gasteiger partial charge in [-0.2, -0.15) is 0 Å². The van der Waals surface area contributed by atoms with E-state index in [9.17, 15) is 9.59 Å². The minimum atomic E-state index is -1.05. The number of para-hydroxylation sites is 2. The maximum absolute atomic E-state index is 12.1. The maximum Gasteiger partial charge on any atom is 0.341 e. The summed E-state index contributed by atoms with van der Waals surface area (Å²) in [5.41, 5.74) is 2.77. The number of carboxylic acids is 1. The minimum absolute atomic E-state index is 0.186. The average molecular weight is 295 g/mol. The van der Waals surface area contributed by atoms with Gasteiger partial charge < -0.3 is 15.2 Å². The van der Waals surface area contributed by atoms with Gasteiger partial charge in [-0.15, -0.1) is 0 Å². The highest BCUT2D eigenvalue weighted by Crippen LogP contribution is 2.34. The van der Waals surface area contributed by atoms with Crippen molar-refractivity contribution in [3.05, 3.63) is 59.7 Å². The first-order valence-electron chi connectivity index (χ1n) is 6.71. The van der Waals surface area contributed by atoms with Crippen molar-refractivity contribution >= 4 is 29.2 Å². The highest BCUT2D eigenvalue weighted by Gasteiger charge is 2.23. The van der Waals surface area contributed by atoms with Gasteiger partial charge in [0.25, 0.3) is 5.91 Å². The predicted molar refractivity (Wildman–Crippen MR) is 82.5 cm³/mol. The molecule has 2 N–H and O–H groups in total. The van der Waals surface area contributed by atoms with Crippen LogP contribution in [0.15, 0.2) is 48.5 Å². The van der Waals surface area contributed by atoms with Crippen LogP contribution in [0.2, 0.25) is 0 Å². The van der Waals surface area contributed by atoms with Crippen LogP contribution in [-0.2, 0) is 9.59 Å². The minimum Gasteiger partial charge on any atom is -0.481 e. The van der Waals surface area contributed by atoms with E-state index >= 15 is 0 Å². The molecule has 0 fully saturated rings. The molecule has 2 aromatic carbocycles. The maximum atomic E-state index is 12.1. The van der Waals surface area contributed by atoms with E-state index in [0.29, 0.717) is 16.9 Å². The summed E-state index contributed by atoms with van der Waals surface area (Å²) in [6.07, 6.45) is 1.71. The number of aliphatic carboxylic acids is 1. The molecular formula is C17H13NO4. The normalized spacial score (nSPS) is 14.5. The van der Waals surface area contributed by atoms with Gasteiger partial charge in [0.2, 0.25) is 0 Å². The Labute approximate surface area is 126 Å². The largest absolute Gasteiger partial charge is 0.481 e. The Morgan fingerprint density at radius 3 is 2.68 bits per heavy atom. The van der Waals surface area contributed by atoms with Gasteiger partial charge in [0.1, 0.15) is 5.75 Å². The van der Waals surface area contributed by atoms with E-state index < -0.39 is 12.6 Å². The number of carbonyl (C=O) groups is 2. The molecule has 110 valence electrons. The van der Waals surface area contributed by atoms with E-state index in [1.165, 1.54) is 0 Å². The van der Waals surface area contributed by atoms with Gasteiger partial charge in [-0.1, -0.05) is 36.4 Å². The second-order valence-corrected chi connectivity index (χ2v) is 4.78. The van der Waals surface area contributed by atoms with Gasteiger partial charge in [-0.05, 0) is 18.2 Å².